The van der Waals surface area contributed by atoms with Crippen LogP contribution in [0.3, 0.4) is 0 Å². The van der Waals surface area contributed by atoms with E-state index in [2.05, 4.69) is 10.3 Å². The molecule has 1 N–H and O–H groups in total. The molecule has 0 aliphatic heterocycles. The van der Waals surface area contributed by atoms with Crippen molar-refractivity contribution < 1.29 is 9.59 Å². The fraction of sp³-hybridized carbons (Fsp3) is 0.462. The number of carbonyl (C=O) groups is 2. The standard InChI is InChI=1S/C13H19N3O2/c1-3-13(18)15-7-8-16(11(2)17)10-12-5-4-6-14-9-12/h4-6,9H,3,7-8,10H2,1-2H3,(H,15,18). The summed E-state index contributed by atoms with van der Waals surface area (Å²) in [6, 6.07) is 3.76. The first-order valence-corrected chi connectivity index (χ1v) is 6.04. The quantitative estimate of drug-likeness (QED) is 0.816. The Morgan fingerprint density at radius 3 is 2.78 bits per heavy atom. The van der Waals surface area contributed by atoms with E-state index in [0.717, 1.165) is 5.56 Å². The van der Waals surface area contributed by atoms with E-state index in [1.807, 2.05) is 12.1 Å². The van der Waals surface area contributed by atoms with E-state index in [4.69, 9.17) is 0 Å². The van der Waals surface area contributed by atoms with Gasteiger partial charge in [0.25, 0.3) is 0 Å². The molecule has 0 saturated heterocycles. The van der Waals surface area contributed by atoms with Gasteiger partial charge in [0.05, 0.1) is 0 Å². The summed E-state index contributed by atoms with van der Waals surface area (Å²) in [5.41, 5.74) is 0.981. The average Bonchev–Trinajstić information content (AvgIpc) is 2.38. The molecule has 0 aromatic carbocycles. The van der Waals surface area contributed by atoms with Crippen molar-refractivity contribution in [3.63, 3.8) is 0 Å². The lowest BCUT2D eigenvalue weighted by molar-refractivity contribution is -0.130. The molecule has 5 heteroatoms. The summed E-state index contributed by atoms with van der Waals surface area (Å²) in [6.45, 7) is 4.83. The van der Waals surface area contributed by atoms with Gasteiger partial charge in [-0.25, -0.2) is 0 Å². The van der Waals surface area contributed by atoms with Crippen LogP contribution in [0.2, 0.25) is 0 Å². The van der Waals surface area contributed by atoms with E-state index >= 15 is 0 Å². The van der Waals surface area contributed by atoms with Gasteiger partial charge in [-0.1, -0.05) is 13.0 Å². The predicted molar refractivity (Wildman–Crippen MR) is 68.6 cm³/mol. The maximum atomic E-state index is 11.5. The molecule has 0 aliphatic carbocycles. The molecular weight excluding hydrogens is 230 g/mol. The van der Waals surface area contributed by atoms with Gasteiger partial charge in [0.15, 0.2) is 0 Å². The molecule has 5 nitrogen and oxygen atoms in total. The number of carbonyl (C=O) groups excluding carboxylic acids is 2. The van der Waals surface area contributed by atoms with Gasteiger partial charge in [0, 0.05) is 45.4 Å². The molecule has 0 fully saturated rings. The molecule has 1 aromatic rings. The highest BCUT2D eigenvalue weighted by atomic mass is 16.2. The van der Waals surface area contributed by atoms with Crippen molar-refractivity contribution >= 4 is 11.8 Å². The molecule has 0 radical (unpaired) electrons. The lowest BCUT2D eigenvalue weighted by Crippen LogP contribution is -2.36. The zero-order valence-corrected chi connectivity index (χ0v) is 10.8. The van der Waals surface area contributed by atoms with Crippen molar-refractivity contribution in [1.82, 2.24) is 15.2 Å². The van der Waals surface area contributed by atoms with E-state index < -0.39 is 0 Å². The number of aromatic nitrogens is 1. The van der Waals surface area contributed by atoms with Crippen LogP contribution in [0.15, 0.2) is 24.5 Å². The Morgan fingerprint density at radius 1 is 1.44 bits per heavy atom. The van der Waals surface area contributed by atoms with Crippen LogP contribution in [0, 0.1) is 0 Å². The lowest BCUT2D eigenvalue weighted by atomic mass is 10.2. The van der Waals surface area contributed by atoms with Crippen LogP contribution in [0.1, 0.15) is 25.8 Å². The monoisotopic (exact) mass is 249 g/mol. The minimum atomic E-state index is -0.00963. The van der Waals surface area contributed by atoms with Gasteiger partial charge in [-0.15, -0.1) is 0 Å². The van der Waals surface area contributed by atoms with Crippen LogP contribution in [-0.2, 0) is 16.1 Å². The third-order valence-corrected chi connectivity index (χ3v) is 2.57. The molecule has 0 unspecified atom stereocenters. The molecule has 0 atom stereocenters. The topological polar surface area (TPSA) is 62.3 Å². The molecule has 0 bridgehead atoms. The van der Waals surface area contributed by atoms with Crippen LogP contribution in [0.4, 0.5) is 0 Å². The van der Waals surface area contributed by atoms with Crippen LogP contribution in [-0.4, -0.2) is 34.8 Å². The summed E-state index contributed by atoms with van der Waals surface area (Å²) >= 11 is 0. The average molecular weight is 249 g/mol. The predicted octanol–water partition coefficient (Wildman–Crippen LogP) is 0.956. The number of amides is 2. The summed E-state index contributed by atoms with van der Waals surface area (Å²) in [5, 5.41) is 2.76. The zero-order chi connectivity index (χ0) is 13.4. The highest BCUT2D eigenvalue weighted by molar-refractivity contribution is 5.76. The summed E-state index contributed by atoms with van der Waals surface area (Å²) in [7, 11) is 0. The van der Waals surface area contributed by atoms with Gasteiger partial charge in [0.2, 0.25) is 11.8 Å². The molecule has 0 saturated carbocycles. The first-order valence-electron chi connectivity index (χ1n) is 6.04. The van der Waals surface area contributed by atoms with Gasteiger partial charge < -0.3 is 10.2 Å². The van der Waals surface area contributed by atoms with Crippen LogP contribution >= 0.6 is 0 Å². The Kier molecular flexibility index (Phi) is 5.84. The number of nitrogens with one attached hydrogen (secondary N) is 1. The number of nitrogens with zero attached hydrogens (tertiary/aromatic N) is 2. The first-order chi connectivity index (χ1) is 8.63. The van der Waals surface area contributed by atoms with E-state index in [1.54, 1.807) is 24.2 Å². The molecule has 2 amide bonds. The molecule has 1 aromatic heterocycles. The largest absolute Gasteiger partial charge is 0.354 e. The second-order valence-electron chi connectivity index (χ2n) is 4.01. The van der Waals surface area contributed by atoms with Gasteiger partial charge in [-0.3, -0.25) is 14.6 Å². The van der Waals surface area contributed by atoms with Crippen molar-refractivity contribution in [3.8, 4) is 0 Å². The molecular formula is C13H19N3O2. The molecule has 18 heavy (non-hydrogen) atoms. The van der Waals surface area contributed by atoms with E-state index in [-0.39, 0.29) is 11.8 Å². The number of hydrogen-bond donors (Lipinski definition) is 1. The molecule has 98 valence electrons. The van der Waals surface area contributed by atoms with Crippen LogP contribution in [0.25, 0.3) is 0 Å². The third kappa shape index (κ3) is 4.95. The smallest absolute Gasteiger partial charge is 0.219 e. The van der Waals surface area contributed by atoms with Crippen molar-refractivity contribution in [2.24, 2.45) is 0 Å². The van der Waals surface area contributed by atoms with Crippen molar-refractivity contribution in [2.45, 2.75) is 26.8 Å². The van der Waals surface area contributed by atoms with Crippen molar-refractivity contribution in [3.05, 3.63) is 30.1 Å². The van der Waals surface area contributed by atoms with Crippen LogP contribution in [0.5, 0.6) is 0 Å². The number of pyridine rings is 1. The minimum absolute atomic E-state index is 0.000111. The molecule has 0 spiro atoms. The summed E-state index contributed by atoms with van der Waals surface area (Å²) in [4.78, 5) is 28.3. The Labute approximate surface area is 107 Å². The van der Waals surface area contributed by atoms with E-state index in [1.165, 1.54) is 6.92 Å². The van der Waals surface area contributed by atoms with Gasteiger partial charge in [-0.05, 0) is 11.6 Å². The maximum absolute atomic E-state index is 11.5. The summed E-state index contributed by atoms with van der Waals surface area (Å²) < 4.78 is 0. The Balaban J connectivity index is 2.46. The fourth-order valence-electron chi connectivity index (χ4n) is 1.52. The number of hydrogen-bond acceptors (Lipinski definition) is 3. The second-order valence-corrected chi connectivity index (χ2v) is 4.01. The van der Waals surface area contributed by atoms with E-state index in [9.17, 15) is 9.59 Å². The van der Waals surface area contributed by atoms with Gasteiger partial charge >= 0.3 is 0 Å². The molecule has 1 heterocycles. The summed E-state index contributed by atoms with van der Waals surface area (Å²) in [6.07, 6.45) is 3.90. The van der Waals surface area contributed by atoms with Crippen molar-refractivity contribution in [2.75, 3.05) is 13.1 Å². The number of rotatable bonds is 6. The zero-order valence-electron chi connectivity index (χ0n) is 10.8. The fourth-order valence-corrected chi connectivity index (χ4v) is 1.52. The van der Waals surface area contributed by atoms with Crippen LogP contribution < -0.4 is 5.32 Å². The van der Waals surface area contributed by atoms with Crippen molar-refractivity contribution in [1.29, 1.82) is 0 Å². The normalized spacial score (nSPS) is 9.89. The SMILES string of the molecule is CCC(=O)NCCN(Cc1cccnc1)C(C)=O. The summed E-state index contributed by atoms with van der Waals surface area (Å²) in [5.74, 6) is -0.00974. The Hall–Kier alpha value is -1.91. The third-order valence-electron chi connectivity index (χ3n) is 2.57. The highest BCUT2D eigenvalue weighted by Crippen LogP contribution is 2.02. The van der Waals surface area contributed by atoms with Gasteiger partial charge in [-0.2, -0.15) is 0 Å². The van der Waals surface area contributed by atoms with E-state index in [0.29, 0.717) is 26.1 Å². The maximum Gasteiger partial charge on any atom is 0.219 e. The highest BCUT2D eigenvalue weighted by Gasteiger charge is 2.09. The van der Waals surface area contributed by atoms with Gasteiger partial charge in [0.1, 0.15) is 0 Å². The molecule has 0 aliphatic rings. The second kappa shape index (κ2) is 7.42. The Bertz CT molecular complexity index is 392. The minimum Gasteiger partial charge on any atom is -0.354 e. The Morgan fingerprint density at radius 2 is 2.22 bits per heavy atom. The lowest BCUT2D eigenvalue weighted by Gasteiger charge is -2.21. The first kappa shape index (κ1) is 14.2. The molecule has 1 rings (SSSR count).